The van der Waals surface area contributed by atoms with Crippen LogP contribution in [0.25, 0.3) is 110 Å². The third-order valence-electron chi connectivity index (χ3n) is 21.2. The number of hydrogen-bond donors (Lipinski definition) is 0. The van der Waals surface area contributed by atoms with E-state index in [1.54, 1.807) is 0 Å². The second-order valence-electron chi connectivity index (χ2n) is 26.1. The molecule has 18 aromatic rings. The molecule has 458 valence electrons. The normalized spacial score (nSPS) is 15.2. The van der Waals surface area contributed by atoms with Crippen LogP contribution in [0.15, 0.2) is 373 Å². The molecule has 0 aliphatic heterocycles. The molecule has 2 atom stereocenters. The van der Waals surface area contributed by atoms with Crippen molar-refractivity contribution in [1.82, 2.24) is 0 Å². The van der Waals surface area contributed by atoms with Crippen LogP contribution in [0.2, 0.25) is 0 Å². The summed E-state index contributed by atoms with van der Waals surface area (Å²) in [4.78, 5) is 4.99. The summed E-state index contributed by atoms with van der Waals surface area (Å²) in [5, 5.41) is 8.81. The first-order chi connectivity index (χ1) is 48.6. The van der Waals surface area contributed by atoms with E-state index in [4.69, 9.17) is 8.83 Å². The largest absolute Gasteiger partial charge is 0.454 e. The van der Waals surface area contributed by atoms with E-state index >= 15 is 0 Å². The van der Waals surface area contributed by atoms with Gasteiger partial charge in [-0.15, -0.1) is 0 Å². The molecule has 0 spiro atoms. The summed E-state index contributed by atoms with van der Waals surface area (Å²) in [6.45, 7) is 0. The quantitative estimate of drug-likeness (QED) is 0.129. The lowest BCUT2D eigenvalue weighted by atomic mass is 9.49. The maximum atomic E-state index is 7.17. The van der Waals surface area contributed by atoms with Crippen molar-refractivity contribution < 1.29 is 8.83 Å². The minimum atomic E-state index is -1.03. The Balaban J connectivity index is 0.959. The lowest BCUT2D eigenvalue weighted by Gasteiger charge is -2.51. The van der Waals surface area contributed by atoms with Crippen LogP contribution in [-0.4, -0.2) is 0 Å². The van der Waals surface area contributed by atoms with E-state index in [0.717, 1.165) is 122 Å². The van der Waals surface area contributed by atoms with Gasteiger partial charge >= 0.3 is 0 Å². The van der Waals surface area contributed by atoms with Crippen molar-refractivity contribution in [1.29, 1.82) is 0 Å². The van der Waals surface area contributed by atoms with E-state index in [2.05, 4.69) is 374 Å². The molecule has 2 heterocycles. The molecular weight excluding hydrogens is 1190 g/mol. The molecule has 98 heavy (non-hydrogen) atoms. The van der Waals surface area contributed by atoms with E-state index < -0.39 is 10.8 Å². The highest BCUT2D eigenvalue weighted by atomic mass is 16.3. The van der Waals surface area contributed by atoms with Gasteiger partial charge < -0.3 is 18.6 Å². The van der Waals surface area contributed by atoms with Gasteiger partial charge in [0.15, 0.2) is 11.2 Å². The lowest BCUT2D eigenvalue weighted by molar-refractivity contribution is 0.438. The summed E-state index contributed by atoms with van der Waals surface area (Å²) >= 11 is 0. The van der Waals surface area contributed by atoms with Crippen molar-refractivity contribution in [2.24, 2.45) is 0 Å². The van der Waals surface area contributed by atoms with Crippen LogP contribution < -0.4 is 9.80 Å². The first-order valence-electron chi connectivity index (χ1n) is 33.8. The number of benzene rings is 16. The highest BCUT2D eigenvalue weighted by Crippen LogP contribution is 2.72. The molecule has 0 saturated carbocycles. The van der Waals surface area contributed by atoms with Crippen molar-refractivity contribution in [3.63, 3.8) is 0 Å². The average Bonchev–Trinajstić information content (AvgIpc) is 1.44. The fourth-order valence-corrected chi connectivity index (χ4v) is 17.4. The Kier molecular flexibility index (Phi) is 12.4. The molecule has 0 fully saturated rings. The first-order valence-corrected chi connectivity index (χ1v) is 33.8. The van der Waals surface area contributed by atoms with Crippen molar-refractivity contribution in [3.05, 3.63) is 397 Å². The number of nitrogens with zero attached hydrogens (tertiary/aromatic N) is 2. The van der Waals surface area contributed by atoms with E-state index in [9.17, 15) is 0 Å². The second-order valence-corrected chi connectivity index (χ2v) is 26.1. The van der Waals surface area contributed by atoms with Gasteiger partial charge in [-0.1, -0.05) is 303 Å². The van der Waals surface area contributed by atoms with Gasteiger partial charge in [-0.3, -0.25) is 0 Å². The van der Waals surface area contributed by atoms with Gasteiger partial charge in [-0.2, -0.15) is 0 Å². The fourth-order valence-electron chi connectivity index (χ4n) is 17.4. The molecule has 0 bridgehead atoms. The van der Waals surface area contributed by atoms with Gasteiger partial charge in [0.1, 0.15) is 11.2 Å². The van der Waals surface area contributed by atoms with Crippen LogP contribution in [0.5, 0.6) is 0 Å². The molecule has 20 rings (SSSR count). The van der Waals surface area contributed by atoms with Crippen molar-refractivity contribution in [2.75, 3.05) is 9.80 Å². The summed E-state index contributed by atoms with van der Waals surface area (Å²) in [5.41, 5.74) is 23.7. The molecule has 0 radical (unpaired) electrons. The number of furan rings is 2. The Morgan fingerprint density at radius 3 is 0.969 bits per heavy atom. The first kappa shape index (κ1) is 55.7. The van der Waals surface area contributed by atoms with Gasteiger partial charge in [-0.05, 0) is 149 Å². The van der Waals surface area contributed by atoms with Crippen LogP contribution in [0.4, 0.5) is 34.1 Å². The Labute approximate surface area is 567 Å². The van der Waals surface area contributed by atoms with Gasteiger partial charge in [0.05, 0.1) is 33.6 Å². The van der Waals surface area contributed by atoms with Crippen molar-refractivity contribution >= 4 is 99.5 Å². The smallest absolute Gasteiger partial charge is 0.159 e. The van der Waals surface area contributed by atoms with E-state index in [1.165, 1.54) is 55.6 Å². The van der Waals surface area contributed by atoms with E-state index in [0.29, 0.717) is 0 Å². The third-order valence-corrected chi connectivity index (χ3v) is 21.2. The third kappa shape index (κ3) is 7.94. The summed E-state index contributed by atoms with van der Waals surface area (Å²) in [6, 6.07) is 135. The molecule has 4 nitrogen and oxygen atoms in total. The predicted octanol–water partition coefficient (Wildman–Crippen LogP) is 25.4. The zero-order valence-corrected chi connectivity index (χ0v) is 53.4. The second kappa shape index (κ2) is 21.9. The molecular formula is C94H60N2O2. The molecule has 0 N–H and O–H groups in total. The standard InChI is InChI=1S/C94H60N2O2/c1-5-29-61(30-6-1)63-33-25-39-67(57-63)95(83-53-27-49-75-71-43-19-23-55-87(71)97-91(75)83)85-59-81-89(73-45-15-13-41-69(73)85)77-47-17-21-51-79(77)93(81,65-35-9-3-10-36-65)94(66-37-11-4-12-38-66)80-52-22-18-48-78(80)90-74-46-16-14-42-70(74)86(60-82(90)94)96(68-40-26-34-64(58-68)62-31-7-2-8-32-62)84-54-28-50-76-72-44-20-24-56-88(72)98-92(76)84/h1-60H. The molecule has 2 unspecified atom stereocenters. The molecule has 2 aromatic heterocycles. The minimum absolute atomic E-state index is 0.817. The maximum absolute atomic E-state index is 7.17. The van der Waals surface area contributed by atoms with Crippen molar-refractivity contribution in [3.8, 4) is 44.5 Å². The number of anilines is 6. The van der Waals surface area contributed by atoms with E-state index in [-0.39, 0.29) is 0 Å². The van der Waals surface area contributed by atoms with Gasteiger partial charge in [0.25, 0.3) is 0 Å². The zero-order valence-electron chi connectivity index (χ0n) is 53.4. The molecule has 16 aromatic carbocycles. The SMILES string of the molecule is c1ccc(-c2cccc(N(c3cc4c(c5ccccc35)-c3ccccc3C4(c3ccccc3)C3(c4ccccc4)c4ccccc4-c4c3cc(N(c3cccc(-c5ccccc5)c3)c3cccc5c3oc3ccccc35)c3ccccc43)c3cccc4c3oc3ccccc34)c2)cc1. The summed E-state index contributed by atoms with van der Waals surface area (Å²) in [7, 11) is 0. The predicted molar refractivity (Wildman–Crippen MR) is 406 cm³/mol. The summed E-state index contributed by atoms with van der Waals surface area (Å²) < 4.78 is 14.3. The average molecular weight is 1250 g/mol. The monoisotopic (exact) mass is 1250 g/mol. The number of para-hydroxylation sites is 4. The molecule has 2 aliphatic rings. The Morgan fingerprint density at radius 1 is 0.214 bits per heavy atom. The van der Waals surface area contributed by atoms with Crippen LogP contribution in [0.3, 0.4) is 0 Å². The number of fused-ring (bicyclic) bond motifs is 16. The molecule has 2 aliphatic carbocycles. The van der Waals surface area contributed by atoms with Gasteiger partial charge in [0.2, 0.25) is 0 Å². The van der Waals surface area contributed by atoms with Crippen LogP contribution in [-0.2, 0) is 10.8 Å². The highest BCUT2D eigenvalue weighted by Gasteiger charge is 2.65. The van der Waals surface area contributed by atoms with Crippen LogP contribution >= 0.6 is 0 Å². The van der Waals surface area contributed by atoms with Crippen LogP contribution in [0, 0.1) is 0 Å². The fraction of sp³-hybridized carbons (Fsp3) is 0.0213. The number of hydrogen-bond acceptors (Lipinski definition) is 4. The highest BCUT2D eigenvalue weighted by molar-refractivity contribution is 6.18. The Hall–Kier alpha value is -12.8. The van der Waals surface area contributed by atoms with Crippen LogP contribution in [0.1, 0.15) is 33.4 Å². The van der Waals surface area contributed by atoms with Crippen molar-refractivity contribution in [2.45, 2.75) is 10.8 Å². The maximum Gasteiger partial charge on any atom is 0.159 e. The number of rotatable bonds is 11. The van der Waals surface area contributed by atoms with Gasteiger partial charge in [-0.25, -0.2) is 0 Å². The van der Waals surface area contributed by atoms with Gasteiger partial charge in [0, 0.05) is 43.7 Å². The Morgan fingerprint density at radius 2 is 0.541 bits per heavy atom. The topological polar surface area (TPSA) is 32.8 Å². The molecule has 0 saturated heterocycles. The molecule has 4 heteroatoms. The molecule has 0 amide bonds. The Bertz CT molecular complexity index is 5830. The summed E-state index contributed by atoms with van der Waals surface area (Å²) in [5.74, 6) is 0. The lowest BCUT2D eigenvalue weighted by Crippen LogP contribution is -2.50. The zero-order chi connectivity index (χ0) is 64.5. The van der Waals surface area contributed by atoms with E-state index in [1.807, 2.05) is 0 Å². The minimum Gasteiger partial charge on any atom is -0.454 e. The summed E-state index contributed by atoms with van der Waals surface area (Å²) in [6.07, 6.45) is 0.